The van der Waals surface area contributed by atoms with Crippen LogP contribution in [-0.2, 0) is 6.54 Å². The van der Waals surface area contributed by atoms with Gasteiger partial charge in [-0.3, -0.25) is 0 Å². The van der Waals surface area contributed by atoms with Crippen molar-refractivity contribution in [3.8, 4) is 11.3 Å². The SMILES string of the molecule is CNCCCNCc1ccc(-c2ccccc2)o1. The predicted molar refractivity (Wildman–Crippen MR) is 74.4 cm³/mol. The molecule has 2 N–H and O–H groups in total. The third-order valence-electron chi connectivity index (χ3n) is 2.80. The molecule has 96 valence electrons. The highest BCUT2D eigenvalue weighted by molar-refractivity contribution is 5.57. The number of furan rings is 1. The van der Waals surface area contributed by atoms with Gasteiger partial charge in [0, 0.05) is 5.56 Å². The smallest absolute Gasteiger partial charge is 0.134 e. The first-order chi connectivity index (χ1) is 8.90. The van der Waals surface area contributed by atoms with Crippen molar-refractivity contribution in [3.63, 3.8) is 0 Å². The van der Waals surface area contributed by atoms with Crippen molar-refractivity contribution in [1.82, 2.24) is 10.6 Å². The molecule has 0 amide bonds. The van der Waals surface area contributed by atoms with E-state index in [9.17, 15) is 0 Å². The third kappa shape index (κ3) is 3.72. The summed E-state index contributed by atoms with van der Waals surface area (Å²) in [5.74, 6) is 1.92. The molecule has 0 radical (unpaired) electrons. The van der Waals surface area contributed by atoms with Gasteiger partial charge in [-0.05, 0) is 38.7 Å². The van der Waals surface area contributed by atoms with Gasteiger partial charge in [0.2, 0.25) is 0 Å². The Bertz CT molecular complexity index is 451. The summed E-state index contributed by atoms with van der Waals surface area (Å²) in [6, 6.07) is 14.2. The van der Waals surface area contributed by atoms with Crippen LogP contribution in [0.15, 0.2) is 46.9 Å². The Labute approximate surface area is 108 Å². The van der Waals surface area contributed by atoms with E-state index in [2.05, 4.69) is 22.8 Å². The maximum Gasteiger partial charge on any atom is 0.134 e. The molecule has 0 saturated heterocycles. The molecule has 0 fully saturated rings. The number of rotatable bonds is 7. The molecule has 0 spiro atoms. The lowest BCUT2D eigenvalue weighted by atomic mass is 10.2. The van der Waals surface area contributed by atoms with Gasteiger partial charge in [0.15, 0.2) is 0 Å². The van der Waals surface area contributed by atoms with Crippen LogP contribution in [0.1, 0.15) is 12.2 Å². The molecule has 2 aromatic rings. The Kier molecular flexibility index (Phi) is 5.00. The van der Waals surface area contributed by atoms with Gasteiger partial charge < -0.3 is 15.1 Å². The van der Waals surface area contributed by atoms with E-state index in [1.807, 2.05) is 37.4 Å². The van der Waals surface area contributed by atoms with Crippen LogP contribution in [-0.4, -0.2) is 20.1 Å². The van der Waals surface area contributed by atoms with Crippen molar-refractivity contribution >= 4 is 0 Å². The van der Waals surface area contributed by atoms with E-state index < -0.39 is 0 Å². The van der Waals surface area contributed by atoms with Gasteiger partial charge in [-0.25, -0.2) is 0 Å². The summed E-state index contributed by atoms with van der Waals surface area (Å²) in [5, 5.41) is 6.50. The highest BCUT2D eigenvalue weighted by Gasteiger charge is 2.03. The second-order valence-electron chi connectivity index (χ2n) is 4.27. The van der Waals surface area contributed by atoms with Crippen molar-refractivity contribution in [1.29, 1.82) is 0 Å². The monoisotopic (exact) mass is 244 g/mol. The normalized spacial score (nSPS) is 10.7. The zero-order valence-corrected chi connectivity index (χ0v) is 10.8. The molecule has 1 aromatic heterocycles. The van der Waals surface area contributed by atoms with Crippen LogP contribution in [0.3, 0.4) is 0 Å². The highest BCUT2D eigenvalue weighted by Crippen LogP contribution is 2.21. The van der Waals surface area contributed by atoms with Crippen LogP contribution in [0, 0.1) is 0 Å². The van der Waals surface area contributed by atoms with E-state index in [-0.39, 0.29) is 0 Å². The van der Waals surface area contributed by atoms with Gasteiger partial charge >= 0.3 is 0 Å². The van der Waals surface area contributed by atoms with Crippen LogP contribution in [0.2, 0.25) is 0 Å². The van der Waals surface area contributed by atoms with Gasteiger partial charge in [0.25, 0.3) is 0 Å². The van der Waals surface area contributed by atoms with Crippen LogP contribution in [0.4, 0.5) is 0 Å². The Morgan fingerprint density at radius 2 is 1.83 bits per heavy atom. The Balaban J connectivity index is 1.83. The van der Waals surface area contributed by atoms with Crippen LogP contribution in [0.5, 0.6) is 0 Å². The molecule has 3 nitrogen and oxygen atoms in total. The minimum Gasteiger partial charge on any atom is -0.460 e. The summed E-state index contributed by atoms with van der Waals surface area (Å²) in [6.07, 6.45) is 1.13. The van der Waals surface area contributed by atoms with Crippen molar-refractivity contribution in [3.05, 3.63) is 48.2 Å². The number of hydrogen-bond acceptors (Lipinski definition) is 3. The highest BCUT2D eigenvalue weighted by atomic mass is 16.3. The fourth-order valence-electron chi connectivity index (χ4n) is 1.83. The molecule has 0 aliphatic heterocycles. The van der Waals surface area contributed by atoms with Crippen LogP contribution in [0.25, 0.3) is 11.3 Å². The summed E-state index contributed by atoms with van der Waals surface area (Å²) >= 11 is 0. The standard InChI is InChI=1S/C15H20N2O/c1-16-10-5-11-17-12-14-8-9-15(18-14)13-6-3-2-4-7-13/h2-4,6-9,16-17H,5,10-12H2,1H3. The zero-order valence-electron chi connectivity index (χ0n) is 10.8. The predicted octanol–water partition coefficient (Wildman–Crippen LogP) is 2.65. The Morgan fingerprint density at radius 1 is 1.00 bits per heavy atom. The minimum atomic E-state index is 0.788. The molecule has 0 saturated carbocycles. The maximum absolute atomic E-state index is 5.80. The molecular formula is C15H20N2O. The molecule has 18 heavy (non-hydrogen) atoms. The maximum atomic E-state index is 5.80. The average Bonchev–Trinajstić information content (AvgIpc) is 2.88. The Hall–Kier alpha value is -1.58. The van der Waals surface area contributed by atoms with Crippen LogP contribution >= 0.6 is 0 Å². The molecule has 0 bridgehead atoms. The van der Waals surface area contributed by atoms with Gasteiger partial charge in [0.05, 0.1) is 6.54 Å². The number of nitrogens with one attached hydrogen (secondary N) is 2. The molecule has 0 aliphatic rings. The summed E-state index contributed by atoms with van der Waals surface area (Å²) in [5.41, 5.74) is 1.12. The minimum absolute atomic E-state index is 0.788. The first kappa shape index (κ1) is 12.9. The van der Waals surface area contributed by atoms with E-state index in [0.717, 1.165) is 43.1 Å². The summed E-state index contributed by atoms with van der Waals surface area (Å²) in [4.78, 5) is 0. The van der Waals surface area contributed by atoms with Gasteiger partial charge in [-0.2, -0.15) is 0 Å². The fourth-order valence-corrected chi connectivity index (χ4v) is 1.83. The van der Waals surface area contributed by atoms with E-state index in [4.69, 9.17) is 4.42 Å². The molecule has 1 aromatic carbocycles. The summed E-state index contributed by atoms with van der Waals surface area (Å²) < 4.78 is 5.80. The lowest BCUT2D eigenvalue weighted by Crippen LogP contribution is -2.19. The molecule has 1 heterocycles. The lowest BCUT2D eigenvalue weighted by Gasteiger charge is -2.02. The number of hydrogen-bond donors (Lipinski definition) is 2. The van der Waals surface area contributed by atoms with Gasteiger partial charge in [0.1, 0.15) is 11.5 Å². The zero-order chi connectivity index (χ0) is 12.6. The van der Waals surface area contributed by atoms with E-state index in [1.54, 1.807) is 0 Å². The average molecular weight is 244 g/mol. The topological polar surface area (TPSA) is 37.2 Å². The molecular weight excluding hydrogens is 224 g/mol. The summed E-state index contributed by atoms with van der Waals surface area (Å²) in [7, 11) is 1.97. The van der Waals surface area contributed by atoms with Crippen LogP contribution < -0.4 is 10.6 Å². The Morgan fingerprint density at radius 3 is 2.61 bits per heavy atom. The van der Waals surface area contributed by atoms with E-state index in [0.29, 0.717) is 0 Å². The molecule has 0 unspecified atom stereocenters. The van der Waals surface area contributed by atoms with Crippen molar-refractivity contribution in [2.45, 2.75) is 13.0 Å². The van der Waals surface area contributed by atoms with Crippen molar-refractivity contribution < 1.29 is 4.42 Å². The molecule has 3 heteroatoms. The van der Waals surface area contributed by atoms with Gasteiger partial charge in [-0.15, -0.1) is 0 Å². The van der Waals surface area contributed by atoms with Crippen molar-refractivity contribution in [2.75, 3.05) is 20.1 Å². The third-order valence-corrected chi connectivity index (χ3v) is 2.80. The molecule has 2 rings (SSSR count). The molecule has 0 atom stereocenters. The molecule has 0 aliphatic carbocycles. The van der Waals surface area contributed by atoms with Gasteiger partial charge in [-0.1, -0.05) is 30.3 Å². The van der Waals surface area contributed by atoms with E-state index in [1.165, 1.54) is 0 Å². The first-order valence-corrected chi connectivity index (χ1v) is 6.39. The fraction of sp³-hybridized carbons (Fsp3) is 0.333. The van der Waals surface area contributed by atoms with Crippen molar-refractivity contribution in [2.24, 2.45) is 0 Å². The largest absolute Gasteiger partial charge is 0.460 e. The second kappa shape index (κ2) is 6.99. The second-order valence-corrected chi connectivity index (χ2v) is 4.27. The van der Waals surface area contributed by atoms with E-state index >= 15 is 0 Å². The quantitative estimate of drug-likeness (QED) is 0.735. The number of benzene rings is 1. The summed E-state index contributed by atoms with van der Waals surface area (Å²) in [6.45, 7) is 2.83. The first-order valence-electron chi connectivity index (χ1n) is 6.39. The lowest BCUT2D eigenvalue weighted by molar-refractivity contribution is 0.490.